The van der Waals surface area contributed by atoms with Crippen molar-refractivity contribution in [2.45, 2.75) is 12.3 Å². The van der Waals surface area contributed by atoms with Gasteiger partial charge in [0, 0.05) is 17.2 Å². The highest BCUT2D eigenvalue weighted by Gasteiger charge is 2.27. The number of amides is 1. The van der Waals surface area contributed by atoms with Gasteiger partial charge >= 0.3 is 0 Å². The fourth-order valence-electron chi connectivity index (χ4n) is 2.42. The molecule has 1 unspecified atom stereocenters. The van der Waals surface area contributed by atoms with Crippen molar-refractivity contribution < 1.29 is 9.53 Å². The molecular formula is C16H15NO2S. The largest absolute Gasteiger partial charge is 0.490 e. The fourth-order valence-corrected chi connectivity index (χ4v) is 3.40. The van der Waals surface area contributed by atoms with Crippen LogP contribution in [0.1, 0.15) is 22.8 Å². The number of hydrogen-bond acceptors (Lipinski definition) is 3. The SMILES string of the molecule is C=CCOc1cccc(C2CC(=O)Nc3ccsc32)c1. The zero-order valence-corrected chi connectivity index (χ0v) is 11.8. The maximum atomic E-state index is 11.8. The first-order valence-electron chi connectivity index (χ1n) is 6.49. The minimum Gasteiger partial charge on any atom is -0.490 e. The van der Waals surface area contributed by atoms with Gasteiger partial charge in [-0.25, -0.2) is 0 Å². The van der Waals surface area contributed by atoms with Gasteiger partial charge in [-0.1, -0.05) is 24.8 Å². The molecule has 3 nitrogen and oxygen atoms in total. The third-order valence-corrected chi connectivity index (χ3v) is 4.33. The van der Waals surface area contributed by atoms with Gasteiger partial charge in [-0.05, 0) is 29.1 Å². The Kier molecular flexibility index (Phi) is 3.56. The molecule has 0 saturated heterocycles. The number of carbonyl (C=O) groups is 1. The Morgan fingerprint density at radius 2 is 2.35 bits per heavy atom. The first-order valence-corrected chi connectivity index (χ1v) is 7.37. The average Bonchev–Trinajstić information content (AvgIpc) is 2.92. The lowest BCUT2D eigenvalue weighted by molar-refractivity contribution is -0.116. The smallest absolute Gasteiger partial charge is 0.225 e. The molecule has 102 valence electrons. The Balaban J connectivity index is 1.93. The molecule has 20 heavy (non-hydrogen) atoms. The summed E-state index contributed by atoms with van der Waals surface area (Å²) in [5.74, 6) is 0.996. The second-order valence-corrected chi connectivity index (χ2v) is 5.62. The van der Waals surface area contributed by atoms with Crippen LogP contribution in [0.3, 0.4) is 0 Å². The van der Waals surface area contributed by atoms with Crippen LogP contribution in [0.2, 0.25) is 0 Å². The summed E-state index contributed by atoms with van der Waals surface area (Å²) in [6.45, 7) is 4.13. The summed E-state index contributed by atoms with van der Waals surface area (Å²) >= 11 is 1.68. The number of ether oxygens (including phenoxy) is 1. The Bertz CT molecular complexity index is 647. The fraction of sp³-hybridized carbons (Fsp3) is 0.188. The molecule has 1 amide bonds. The Labute approximate surface area is 121 Å². The van der Waals surface area contributed by atoms with Crippen molar-refractivity contribution in [2.24, 2.45) is 0 Å². The average molecular weight is 285 g/mol. The zero-order chi connectivity index (χ0) is 13.9. The zero-order valence-electron chi connectivity index (χ0n) is 11.0. The van der Waals surface area contributed by atoms with Crippen molar-refractivity contribution in [1.29, 1.82) is 0 Å². The van der Waals surface area contributed by atoms with Crippen LogP contribution in [0.15, 0.2) is 48.4 Å². The van der Waals surface area contributed by atoms with Crippen LogP contribution in [0.5, 0.6) is 5.75 Å². The molecule has 4 heteroatoms. The molecule has 1 aliphatic rings. The lowest BCUT2D eigenvalue weighted by Crippen LogP contribution is -2.21. The van der Waals surface area contributed by atoms with E-state index < -0.39 is 0 Å². The van der Waals surface area contributed by atoms with Crippen molar-refractivity contribution in [1.82, 2.24) is 0 Å². The summed E-state index contributed by atoms with van der Waals surface area (Å²) in [5, 5.41) is 4.93. The van der Waals surface area contributed by atoms with Gasteiger partial charge in [0.15, 0.2) is 0 Å². The number of nitrogens with one attached hydrogen (secondary N) is 1. The molecule has 1 aliphatic heterocycles. The lowest BCUT2D eigenvalue weighted by atomic mass is 9.90. The van der Waals surface area contributed by atoms with Crippen LogP contribution >= 0.6 is 11.3 Å². The van der Waals surface area contributed by atoms with Gasteiger partial charge in [0.2, 0.25) is 5.91 Å². The number of thiophene rings is 1. The van der Waals surface area contributed by atoms with Gasteiger partial charge in [0.05, 0.1) is 5.69 Å². The maximum absolute atomic E-state index is 11.8. The maximum Gasteiger partial charge on any atom is 0.225 e. The van der Waals surface area contributed by atoms with E-state index in [2.05, 4.69) is 11.9 Å². The predicted octanol–water partition coefficient (Wildman–Crippen LogP) is 3.79. The lowest BCUT2D eigenvalue weighted by Gasteiger charge is -2.23. The molecule has 1 aromatic heterocycles. The normalized spacial score (nSPS) is 17.2. The summed E-state index contributed by atoms with van der Waals surface area (Å²) in [5.41, 5.74) is 2.05. The quantitative estimate of drug-likeness (QED) is 0.868. The molecule has 0 spiro atoms. The molecule has 1 aromatic carbocycles. The Morgan fingerprint density at radius 1 is 1.45 bits per heavy atom. The van der Waals surface area contributed by atoms with Crippen molar-refractivity contribution in [3.05, 3.63) is 58.8 Å². The highest BCUT2D eigenvalue weighted by Crippen LogP contribution is 2.41. The minimum absolute atomic E-state index is 0.0679. The van der Waals surface area contributed by atoms with E-state index in [9.17, 15) is 4.79 Å². The second kappa shape index (κ2) is 5.51. The highest BCUT2D eigenvalue weighted by molar-refractivity contribution is 7.10. The van der Waals surface area contributed by atoms with Gasteiger partial charge in [-0.2, -0.15) is 0 Å². The standard InChI is InChI=1S/C16H15NO2S/c1-2-7-19-12-5-3-4-11(9-12)13-10-15(18)17-14-6-8-20-16(13)14/h2-6,8-9,13H,1,7,10H2,(H,17,18). The van der Waals surface area contributed by atoms with Crippen LogP contribution in [0.4, 0.5) is 5.69 Å². The first kappa shape index (κ1) is 12.9. The predicted molar refractivity (Wildman–Crippen MR) is 81.5 cm³/mol. The van der Waals surface area contributed by atoms with E-state index in [0.717, 1.165) is 17.0 Å². The van der Waals surface area contributed by atoms with Gasteiger partial charge in [0.25, 0.3) is 0 Å². The third-order valence-electron chi connectivity index (χ3n) is 3.30. The molecule has 0 saturated carbocycles. The van der Waals surface area contributed by atoms with E-state index in [1.165, 1.54) is 4.88 Å². The number of fused-ring (bicyclic) bond motifs is 1. The molecule has 2 aromatic rings. The van der Waals surface area contributed by atoms with Crippen molar-refractivity contribution >= 4 is 22.9 Å². The summed E-state index contributed by atoms with van der Waals surface area (Å²) in [6, 6.07) is 9.91. The molecular weight excluding hydrogens is 270 g/mol. The van der Waals surface area contributed by atoms with Crippen molar-refractivity contribution in [3.63, 3.8) is 0 Å². The van der Waals surface area contributed by atoms with Crippen LogP contribution in [-0.4, -0.2) is 12.5 Å². The Hall–Kier alpha value is -2.07. The second-order valence-electron chi connectivity index (χ2n) is 4.68. The molecule has 0 bridgehead atoms. The topological polar surface area (TPSA) is 38.3 Å². The van der Waals surface area contributed by atoms with E-state index in [1.54, 1.807) is 17.4 Å². The van der Waals surface area contributed by atoms with Crippen LogP contribution < -0.4 is 10.1 Å². The van der Waals surface area contributed by atoms with Crippen LogP contribution in [-0.2, 0) is 4.79 Å². The van der Waals surface area contributed by atoms with E-state index in [4.69, 9.17) is 4.74 Å². The number of benzene rings is 1. The minimum atomic E-state index is 0.0679. The number of hydrogen-bond donors (Lipinski definition) is 1. The molecule has 0 radical (unpaired) electrons. The molecule has 1 N–H and O–H groups in total. The monoisotopic (exact) mass is 285 g/mol. The highest BCUT2D eigenvalue weighted by atomic mass is 32.1. The number of rotatable bonds is 4. The summed E-state index contributed by atoms with van der Waals surface area (Å²) in [7, 11) is 0. The van der Waals surface area contributed by atoms with Gasteiger partial charge in [-0.15, -0.1) is 11.3 Å². The van der Waals surface area contributed by atoms with E-state index in [1.807, 2.05) is 35.7 Å². The van der Waals surface area contributed by atoms with E-state index in [-0.39, 0.29) is 11.8 Å². The first-order chi connectivity index (χ1) is 9.78. The van der Waals surface area contributed by atoms with Crippen molar-refractivity contribution in [3.8, 4) is 5.75 Å². The van der Waals surface area contributed by atoms with Gasteiger partial charge < -0.3 is 10.1 Å². The summed E-state index contributed by atoms with van der Waals surface area (Å²) in [6.07, 6.45) is 2.20. The molecule has 0 fully saturated rings. The van der Waals surface area contributed by atoms with E-state index >= 15 is 0 Å². The van der Waals surface area contributed by atoms with Crippen LogP contribution in [0, 0.1) is 0 Å². The molecule has 2 heterocycles. The van der Waals surface area contributed by atoms with Gasteiger partial charge in [0.1, 0.15) is 12.4 Å². The van der Waals surface area contributed by atoms with E-state index in [0.29, 0.717) is 13.0 Å². The molecule has 1 atom stereocenters. The summed E-state index contributed by atoms with van der Waals surface area (Å²) in [4.78, 5) is 13.0. The van der Waals surface area contributed by atoms with Crippen LogP contribution in [0.25, 0.3) is 0 Å². The molecule has 3 rings (SSSR count). The van der Waals surface area contributed by atoms with Crippen molar-refractivity contribution in [2.75, 3.05) is 11.9 Å². The molecule has 0 aliphatic carbocycles. The van der Waals surface area contributed by atoms with Gasteiger partial charge in [-0.3, -0.25) is 4.79 Å². The Morgan fingerprint density at radius 3 is 3.20 bits per heavy atom. The third kappa shape index (κ3) is 2.47. The number of carbonyl (C=O) groups excluding carboxylic acids is 1. The number of anilines is 1. The summed E-state index contributed by atoms with van der Waals surface area (Å²) < 4.78 is 5.57.